The van der Waals surface area contributed by atoms with Crippen molar-refractivity contribution in [3.63, 3.8) is 0 Å². The number of carbonyl (C=O) groups is 2. The first-order chi connectivity index (χ1) is 10.1. The largest absolute Gasteiger partial charge is 0.508 e. The van der Waals surface area contributed by atoms with Crippen molar-refractivity contribution in [3.8, 4) is 5.75 Å². The average molecular weight is 291 g/mol. The van der Waals surface area contributed by atoms with Crippen molar-refractivity contribution in [1.82, 2.24) is 5.32 Å². The van der Waals surface area contributed by atoms with Crippen LogP contribution in [0.2, 0.25) is 0 Å². The van der Waals surface area contributed by atoms with Crippen LogP contribution in [0.5, 0.6) is 5.75 Å². The van der Waals surface area contributed by atoms with E-state index in [1.54, 1.807) is 24.3 Å². The summed E-state index contributed by atoms with van der Waals surface area (Å²) in [6, 6.07) is 6.47. The minimum Gasteiger partial charge on any atom is -0.508 e. The lowest BCUT2D eigenvalue weighted by molar-refractivity contribution is -0.152. The summed E-state index contributed by atoms with van der Waals surface area (Å²) in [5.41, 5.74) is -0.0813. The van der Waals surface area contributed by atoms with Gasteiger partial charge in [0, 0.05) is 0 Å². The maximum atomic E-state index is 12.2. The molecule has 1 saturated carbocycles. The lowest BCUT2D eigenvalue weighted by atomic mass is 9.81. The van der Waals surface area contributed by atoms with E-state index in [9.17, 15) is 14.7 Å². The molecule has 114 valence electrons. The number of methoxy groups -OCH3 is 1. The molecule has 1 aliphatic carbocycles. The van der Waals surface area contributed by atoms with Crippen LogP contribution in [0, 0.1) is 0 Å². The highest BCUT2D eigenvalue weighted by atomic mass is 16.5. The predicted octanol–water partition coefficient (Wildman–Crippen LogP) is 1.93. The summed E-state index contributed by atoms with van der Waals surface area (Å²) in [4.78, 5) is 24.3. The van der Waals surface area contributed by atoms with Gasteiger partial charge in [0.2, 0.25) is 5.91 Å². The number of carbonyl (C=O) groups excluding carboxylic acids is 2. The Kier molecular flexibility index (Phi) is 4.83. The van der Waals surface area contributed by atoms with E-state index in [-0.39, 0.29) is 24.0 Å². The molecule has 0 saturated heterocycles. The summed E-state index contributed by atoms with van der Waals surface area (Å²) in [6.45, 7) is 0. The maximum absolute atomic E-state index is 12.2. The van der Waals surface area contributed by atoms with Gasteiger partial charge in [-0.3, -0.25) is 4.79 Å². The second-order valence-corrected chi connectivity index (χ2v) is 5.53. The fraction of sp³-hybridized carbons (Fsp3) is 0.500. The molecule has 0 bridgehead atoms. The Bertz CT molecular complexity index is 504. The van der Waals surface area contributed by atoms with Crippen molar-refractivity contribution in [2.75, 3.05) is 7.11 Å². The normalized spacial score (nSPS) is 17.0. The standard InChI is InChI=1S/C16H21NO4/c1-21-15(20)16(9-3-2-4-10-16)17-14(19)11-12-5-7-13(18)8-6-12/h5-8,18H,2-4,9-11H2,1H3,(H,17,19). The van der Waals surface area contributed by atoms with Gasteiger partial charge in [0.25, 0.3) is 0 Å². The van der Waals surface area contributed by atoms with Gasteiger partial charge < -0.3 is 15.2 Å². The summed E-state index contributed by atoms with van der Waals surface area (Å²) >= 11 is 0. The number of benzene rings is 1. The Morgan fingerprint density at radius 2 is 1.81 bits per heavy atom. The summed E-state index contributed by atoms with van der Waals surface area (Å²) in [7, 11) is 1.35. The van der Waals surface area contributed by atoms with Crippen LogP contribution in [0.1, 0.15) is 37.7 Å². The molecule has 0 heterocycles. The third-order valence-corrected chi connectivity index (χ3v) is 3.96. The Balaban J connectivity index is 2.04. The van der Waals surface area contributed by atoms with E-state index in [2.05, 4.69) is 5.32 Å². The molecule has 0 aliphatic heterocycles. The minimum absolute atomic E-state index is 0.164. The van der Waals surface area contributed by atoms with Crippen LogP contribution >= 0.6 is 0 Å². The smallest absolute Gasteiger partial charge is 0.331 e. The van der Waals surface area contributed by atoms with Gasteiger partial charge >= 0.3 is 5.97 Å². The summed E-state index contributed by atoms with van der Waals surface area (Å²) < 4.78 is 4.87. The molecular weight excluding hydrogens is 270 g/mol. The molecular formula is C16H21NO4. The van der Waals surface area contributed by atoms with Crippen LogP contribution in [0.25, 0.3) is 0 Å². The zero-order valence-electron chi connectivity index (χ0n) is 12.2. The van der Waals surface area contributed by atoms with Crippen LogP contribution in [0.3, 0.4) is 0 Å². The van der Waals surface area contributed by atoms with Crippen molar-refractivity contribution < 1.29 is 19.4 Å². The summed E-state index contributed by atoms with van der Waals surface area (Å²) in [6.07, 6.45) is 4.33. The molecule has 0 atom stereocenters. The summed E-state index contributed by atoms with van der Waals surface area (Å²) in [5, 5.41) is 12.1. The Morgan fingerprint density at radius 1 is 1.19 bits per heavy atom. The number of hydrogen-bond acceptors (Lipinski definition) is 4. The molecule has 2 N–H and O–H groups in total. The van der Waals surface area contributed by atoms with Crippen LogP contribution in [-0.4, -0.2) is 29.6 Å². The highest BCUT2D eigenvalue weighted by Gasteiger charge is 2.41. The number of esters is 1. The minimum atomic E-state index is -0.874. The van der Waals surface area contributed by atoms with Crippen molar-refractivity contribution >= 4 is 11.9 Å². The lowest BCUT2D eigenvalue weighted by Gasteiger charge is -2.35. The zero-order valence-corrected chi connectivity index (χ0v) is 12.2. The maximum Gasteiger partial charge on any atom is 0.331 e. The van der Waals surface area contributed by atoms with Crippen molar-refractivity contribution in [2.45, 2.75) is 44.1 Å². The highest BCUT2D eigenvalue weighted by Crippen LogP contribution is 2.29. The molecule has 2 rings (SSSR count). The third-order valence-electron chi connectivity index (χ3n) is 3.96. The average Bonchev–Trinajstić information content (AvgIpc) is 2.49. The van der Waals surface area contributed by atoms with E-state index in [0.29, 0.717) is 12.8 Å². The predicted molar refractivity (Wildman–Crippen MR) is 77.8 cm³/mol. The molecule has 1 aliphatic rings. The number of nitrogens with one attached hydrogen (secondary N) is 1. The van der Waals surface area contributed by atoms with Gasteiger partial charge in [-0.25, -0.2) is 4.79 Å². The van der Waals surface area contributed by atoms with Crippen LogP contribution in [0.4, 0.5) is 0 Å². The number of phenols is 1. The Labute approximate surface area is 124 Å². The molecule has 5 heteroatoms. The van der Waals surface area contributed by atoms with E-state index in [1.165, 1.54) is 7.11 Å². The monoisotopic (exact) mass is 291 g/mol. The topological polar surface area (TPSA) is 75.6 Å². The first kappa shape index (κ1) is 15.4. The first-order valence-corrected chi connectivity index (χ1v) is 7.23. The highest BCUT2D eigenvalue weighted by molar-refractivity contribution is 5.89. The number of amides is 1. The zero-order chi connectivity index (χ0) is 15.3. The van der Waals surface area contributed by atoms with Crippen LogP contribution in [-0.2, 0) is 20.7 Å². The quantitative estimate of drug-likeness (QED) is 0.831. The number of aromatic hydroxyl groups is 1. The van der Waals surface area contributed by atoms with E-state index < -0.39 is 5.54 Å². The number of hydrogen-bond donors (Lipinski definition) is 2. The molecule has 0 aromatic heterocycles. The van der Waals surface area contributed by atoms with Gasteiger partial charge in [0.05, 0.1) is 13.5 Å². The number of phenolic OH excluding ortho intramolecular Hbond substituents is 1. The van der Waals surface area contributed by atoms with Gasteiger partial charge in [-0.2, -0.15) is 0 Å². The summed E-state index contributed by atoms with van der Waals surface area (Å²) in [5.74, 6) is -0.397. The molecule has 0 radical (unpaired) electrons. The molecule has 0 unspecified atom stereocenters. The van der Waals surface area contributed by atoms with Gasteiger partial charge in [0.15, 0.2) is 0 Å². The molecule has 1 fully saturated rings. The fourth-order valence-electron chi connectivity index (χ4n) is 2.84. The molecule has 21 heavy (non-hydrogen) atoms. The van der Waals surface area contributed by atoms with Crippen molar-refractivity contribution in [2.24, 2.45) is 0 Å². The number of rotatable bonds is 4. The van der Waals surface area contributed by atoms with E-state index in [4.69, 9.17) is 4.74 Å². The van der Waals surface area contributed by atoms with Gasteiger partial charge in [0.1, 0.15) is 11.3 Å². The Morgan fingerprint density at radius 3 is 2.38 bits per heavy atom. The van der Waals surface area contributed by atoms with Crippen LogP contribution in [0.15, 0.2) is 24.3 Å². The second kappa shape index (κ2) is 6.61. The van der Waals surface area contributed by atoms with Crippen molar-refractivity contribution in [1.29, 1.82) is 0 Å². The van der Waals surface area contributed by atoms with E-state index in [1.807, 2.05) is 0 Å². The SMILES string of the molecule is COC(=O)C1(NC(=O)Cc2ccc(O)cc2)CCCCC1. The van der Waals surface area contributed by atoms with Gasteiger partial charge in [-0.1, -0.05) is 31.4 Å². The first-order valence-electron chi connectivity index (χ1n) is 7.23. The van der Waals surface area contributed by atoms with E-state index >= 15 is 0 Å². The third kappa shape index (κ3) is 3.74. The second-order valence-electron chi connectivity index (χ2n) is 5.53. The van der Waals surface area contributed by atoms with Gasteiger partial charge in [-0.05, 0) is 30.5 Å². The molecule has 1 aromatic carbocycles. The Hall–Kier alpha value is -2.04. The van der Waals surface area contributed by atoms with Gasteiger partial charge in [-0.15, -0.1) is 0 Å². The van der Waals surface area contributed by atoms with E-state index in [0.717, 1.165) is 24.8 Å². The van der Waals surface area contributed by atoms with Crippen LogP contribution < -0.4 is 5.32 Å². The molecule has 5 nitrogen and oxygen atoms in total. The molecule has 0 spiro atoms. The number of ether oxygens (including phenoxy) is 1. The van der Waals surface area contributed by atoms with Crippen molar-refractivity contribution in [3.05, 3.63) is 29.8 Å². The molecule has 1 aromatic rings. The lowest BCUT2D eigenvalue weighted by Crippen LogP contribution is -2.56. The fourth-order valence-corrected chi connectivity index (χ4v) is 2.84. The molecule has 1 amide bonds.